The standard InChI is InChI=1S/C17H30O/c1-4-15(2)16-13-11-9-7-5-6-8-10-12-14-17(16)18-3/h4,14-16H,1,5-13H2,2-3H3/b17-14-. The lowest BCUT2D eigenvalue weighted by atomic mass is 9.86. The zero-order valence-electron chi connectivity index (χ0n) is 12.3. The van der Waals surface area contributed by atoms with Crippen molar-refractivity contribution in [1.29, 1.82) is 0 Å². The van der Waals surface area contributed by atoms with Gasteiger partial charge in [0.15, 0.2) is 0 Å². The number of hydrogen-bond acceptors (Lipinski definition) is 1. The molecule has 1 heteroatoms. The Hall–Kier alpha value is -0.720. The average Bonchev–Trinajstić information content (AvgIpc) is 2.38. The normalized spacial score (nSPS) is 28.1. The highest BCUT2D eigenvalue weighted by atomic mass is 16.5. The number of allylic oxidation sites excluding steroid dienone is 3. The molecule has 1 rings (SSSR count). The maximum Gasteiger partial charge on any atom is 0.0952 e. The van der Waals surface area contributed by atoms with Crippen molar-refractivity contribution in [2.75, 3.05) is 7.11 Å². The van der Waals surface area contributed by atoms with Crippen molar-refractivity contribution < 1.29 is 4.74 Å². The summed E-state index contributed by atoms with van der Waals surface area (Å²) >= 11 is 0. The van der Waals surface area contributed by atoms with Crippen LogP contribution < -0.4 is 0 Å². The van der Waals surface area contributed by atoms with Crippen molar-refractivity contribution in [1.82, 2.24) is 0 Å². The van der Waals surface area contributed by atoms with E-state index in [-0.39, 0.29) is 0 Å². The SMILES string of the molecule is C=CC(C)C1CCCCCCCCC/C=C/1OC. The van der Waals surface area contributed by atoms with Crippen LogP contribution in [0.4, 0.5) is 0 Å². The van der Waals surface area contributed by atoms with Gasteiger partial charge in [-0.3, -0.25) is 0 Å². The zero-order chi connectivity index (χ0) is 13.2. The Labute approximate surface area is 113 Å². The Balaban J connectivity index is 2.69. The Bertz CT molecular complexity index is 254. The molecule has 0 saturated heterocycles. The van der Waals surface area contributed by atoms with Gasteiger partial charge in [-0.1, -0.05) is 51.5 Å². The molecule has 0 aliphatic heterocycles. The minimum atomic E-state index is 0.513. The summed E-state index contributed by atoms with van der Waals surface area (Å²) in [4.78, 5) is 0. The maximum atomic E-state index is 5.64. The van der Waals surface area contributed by atoms with Gasteiger partial charge in [-0.05, 0) is 31.3 Å². The Morgan fingerprint density at radius 2 is 1.78 bits per heavy atom. The second-order valence-corrected chi connectivity index (χ2v) is 5.56. The van der Waals surface area contributed by atoms with Crippen LogP contribution in [0.1, 0.15) is 64.7 Å². The highest BCUT2D eigenvalue weighted by molar-refractivity contribution is 5.03. The minimum absolute atomic E-state index is 0.513. The minimum Gasteiger partial charge on any atom is -0.501 e. The molecule has 0 saturated carbocycles. The molecule has 0 aromatic heterocycles. The second kappa shape index (κ2) is 9.24. The van der Waals surface area contributed by atoms with Crippen molar-refractivity contribution in [3.8, 4) is 0 Å². The van der Waals surface area contributed by atoms with Crippen LogP contribution in [0.15, 0.2) is 24.5 Å². The van der Waals surface area contributed by atoms with E-state index in [9.17, 15) is 0 Å². The zero-order valence-corrected chi connectivity index (χ0v) is 12.3. The largest absolute Gasteiger partial charge is 0.501 e. The van der Waals surface area contributed by atoms with Crippen molar-refractivity contribution in [3.63, 3.8) is 0 Å². The third kappa shape index (κ3) is 5.29. The van der Waals surface area contributed by atoms with E-state index in [1.54, 1.807) is 0 Å². The predicted octanol–water partition coefficient (Wildman–Crippen LogP) is 5.48. The summed E-state index contributed by atoms with van der Waals surface area (Å²) in [6.07, 6.45) is 16.4. The Kier molecular flexibility index (Phi) is 7.88. The van der Waals surface area contributed by atoms with Crippen molar-refractivity contribution in [2.24, 2.45) is 11.8 Å². The number of methoxy groups -OCH3 is 1. The van der Waals surface area contributed by atoms with Crippen LogP contribution in [-0.4, -0.2) is 7.11 Å². The lowest BCUT2D eigenvalue weighted by Crippen LogP contribution is -2.14. The van der Waals surface area contributed by atoms with E-state index in [1.807, 2.05) is 7.11 Å². The molecule has 2 unspecified atom stereocenters. The molecule has 18 heavy (non-hydrogen) atoms. The van der Waals surface area contributed by atoms with Crippen LogP contribution in [0.5, 0.6) is 0 Å². The smallest absolute Gasteiger partial charge is 0.0952 e. The summed E-state index contributed by atoms with van der Waals surface area (Å²) < 4.78 is 5.64. The number of rotatable bonds is 3. The fourth-order valence-corrected chi connectivity index (χ4v) is 2.85. The van der Waals surface area contributed by atoms with Crippen LogP contribution in [0, 0.1) is 11.8 Å². The van der Waals surface area contributed by atoms with Crippen LogP contribution in [0.25, 0.3) is 0 Å². The first-order chi connectivity index (χ1) is 8.79. The van der Waals surface area contributed by atoms with Crippen molar-refractivity contribution in [2.45, 2.75) is 64.7 Å². The molecule has 0 heterocycles. The van der Waals surface area contributed by atoms with E-state index in [2.05, 4.69) is 25.7 Å². The van der Waals surface area contributed by atoms with Gasteiger partial charge in [0.1, 0.15) is 0 Å². The molecule has 0 bridgehead atoms. The molecule has 0 N–H and O–H groups in total. The molecule has 0 fully saturated rings. The summed E-state index contributed by atoms with van der Waals surface area (Å²) in [5.74, 6) is 2.24. The quantitative estimate of drug-likeness (QED) is 0.603. The lowest BCUT2D eigenvalue weighted by molar-refractivity contribution is 0.210. The molecular weight excluding hydrogens is 220 g/mol. The fraction of sp³-hybridized carbons (Fsp3) is 0.765. The summed E-state index contributed by atoms with van der Waals surface area (Å²) in [5.41, 5.74) is 0. The molecule has 104 valence electrons. The first kappa shape index (κ1) is 15.3. The van der Waals surface area contributed by atoms with E-state index >= 15 is 0 Å². The second-order valence-electron chi connectivity index (χ2n) is 5.56. The average molecular weight is 250 g/mol. The summed E-state index contributed by atoms with van der Waals surface area (Å²) in [7, 11) is 1.82. The maximum absolute atomic E-state index is 5.64. The number of ether oxygens (including phenoxy) is 1. The molecule has 0 aromatic carbocycles. The van der Waals surface area contributed by atoms with Gasteiger partial charge < -0.3 is 4.74 Å². The van der Waals surface area contributed by atoms with Crippen LogP contribution in [-0.2, 0) is 4.74 Å². The molecule has 1 aliphatic rings. The van der Waals surface area contributed by atoms with Gasteiger partial charge in [0.05, 0.1) is 12.9 Å². The van der Waals surface area contributed by atoms with Crippen LogP contribution >= 0.6 is 0 Å². The molecule has 1 aliphatic carbocycles. The van der Waals surface area contributed by atoms with Crippen LogP contribution in [0.2, 0.25) is 0 Å². The first-order valence-electron chi connectivity index (χ1n) is 7.66. The first-order valence-corrected chi connectivity index (χ1v) is 7.66. The van der Waals surface area contributed by atoms with Gasteiger partial charge >= 0.3 is 0 Å². The van der Waals surface area contributed by atoms with Gasteiger partial charge in [-0.15, -0.1) is 6.58 Å². The van der Waals surface area contributed by atoms with E-state index in [1.165, 1.54) is 63.5 Å². The Morgan fingerprint density at radius 3 is 2.39 bits per heavy atom. The molecule has 0 radical (unpaired) electrons. The summed E-state index contributed by atoms with van der Waals surface area (Å²) in [5, 5.41) is 0. The molecular formula is C17H30O. The molecule has 2 atom stereocenters. The van der Waals surface area contributed by atoms with E-state index in [4.69, 9.17) is 4.74 Å². The monoisotopic (exact) mass is 250 g/mol. The Morgan fingerprint density at radius 1 is 1.17 bits per heavy atom. The molecule has 0 spiro atoms. The third-order valence-electron chi connectivity index (χ3n) is 4.17. The van der Waals surface area contributed by atoms with Crippen LogP contribution in [0.3, 0.4) is 0 Å². The van der Waals surface area contributed by atoms with E-state index < -0.39 is 0 Å². The topological polar surface area (TPSA) is 9.23 Å². The molecule has 1 nitrogen and oxygen atoms in total. The highest BCUT2D eigenvalue weighted by Crippen LogP contribution is 2.29. The third-order valence-corrected chi connectivity index (χ3v) is 4.17. The van der Waals surface area contributed by atoms with Gasteiger partial charge in [0.25, 0.3) is 0 Å². The van der Waals surface area contributed by atoms with E-state index in [0.717, 1.165) is 0 Å². The van der Waals surface area contributed by atoms with Gasteiger partial charge in [-0.2, -0.15) is 0 Å². The summed E-state index contributed by atoms with van der Waals surface area (Å²) in [6, 6.07) is 0. The van der Waals surface area contributed by atoms with Gasteiger partial charge in [0, 0.05) is 5.92 Å². The fourth-order valence-electron chi connectivity index (χ4n) is 2.85. The van der Waals surface area contributed by atoms with Crippen molar-refractivity contribution in [3.05, 3.63) is 24.5 Å². The lowest BCUT2D eigenvalue weighted by Gasteiger charge is -2.24. The number of hydrogen-bond donors (Lipinski definition) is 0. The molecule has 0 amide bonds. The van der Waals surface area contributed by atoms with Gasteiger partial charge in [0.2, 0.25) is 0 Å². The van der Waals surface area contributed by atoms with Crippen molar-refractivity contribution >= 4 is 0 Å². The van der Waals surface area contributed by atoms with Gasteiger partial charge in [-0.25, -0.2) is 0 Å². The molecule has 0 aromatic rings. The predicted molar refractivity (Wildman–Crippen MR) is 79.5 cm³/mol. The highest BCUT2D eigenvalue weighted by Gasteiger charge is 2.20. The summed E-state index contributed by atoms with van der Waals surface area (Å²) in [6.45, 7) is 6.21. The van der Waals surface area contributed by atoms with E-state index in [0.29, 0.717) is 11.8 Å².